The van der Waals surface area contributed by atoms with Crippen LogP contribution in [0.25, 0.3) is 16.5 Å². The van der Waals surface area contributed by atoms with Crippen molar-refractivity contribution >= 4 is 40.0 Å². The fraction of sp³-hybridized carbons (Fsp3) is 0.348. The number of rotatable bonds is 6. The van der Waals surface area contributed by atoms with E-state index < -0.39 is 5.97 Å². The van der Waals surface area contributed by atoms with Gasteiger partial charge in [0, 0.05) is 33.2 Å². The van der Waals surface area contributed by atoms with Gasteiger partial charge in [-0.1, -0.05) is 43.5 Å². The van der Waals surface area contributed by atoms with Gasteiger partial charge in [-0.3, -0.25) is 9.59 Å². The molecule has 29 heavy (non-hydrogen) atoms. The van der Waals surface area contributed by atoms with Crippen LogP contribution < -0.4 is 5.32 Å². The highest BCUT2D eigenvalue weighted by Gasteiger charge is 2.29. The van der Waals surface area contributed by atoms with E-state index in [9.17, 15) is 14.9 Å². The van der Waals surface area contributed by atoms with Crippen molar-refractivity contribution in [1.82, 2.24) is 5.32 Å². The number of carbonyl (C=O) groups is 2. The molecule has 5 nitrogen and oxygen atoms in total. The fourth-order valence-corrected chi connectivity index (χ4v) is 5.58. The number of nitriles is 1. The Kier molecular flexibility index (Phi) is 5.59. The summed E-state index contributed by atoms with van der Waals surface area (Å²) < 4.78 is 0. The van der Waals surface area contributed by atoms with Gasteiger partial charge < -0.3 is 10.4 Å². The molecule has 0 spiro atoms. The monoisotopic (exact) mass is 406 g/mol. The van der Waals surface area contributed by atoms with Gasteiger partial charge in [-0.15, -0.1) is 11.8 Å². The first kappa shape index (κ1) is 19.5. The summed E-state index contributed by atoms with van der Waals surface area (Å²) in [5, 5.41) is 24.0. The topological polar surface area (TPSA) is 90.2 Å². The van der Waals surface area contributed by atoms with Gasteiger partial charge in [0.1, 0.15) is 11.6 Å². The zero-order chi connectivity index (χ0) is 20.4. The second-order valence-electron chi connectivity index (χ2n) is 7.48. The first-order chi connectivity index (χ1) is 14.1. The fourth-order valence-electron chi connectivity index (χ4n) is 4.21. The summed E-state index contributed by atoms with van der Waals surface area (Å²) in [5.41, 5.74) is 1.83. The van der Waals surface area contributed by atoms with Crippen molar-refractivity contribution in [2.75, 3.05) is 6.54 Å². The minimum absolute atomic E-state index is 0.0445. The molecule has 0 bridgehead atoms. The number of allylic oxidation sites excluding steroid dienone is 1. The number of aliphatic carboxylic acids is 1. The van der Waals surface area contributed by atoms with Crippen LogP contribution >= 0.6 is 11.8 Å². The highest BCUT2D eigenvalue weighted by atomic mass is 32.2. The van der Waals surface area contributed by atoms with Crippen LogP contribution in [-0.2, 0) is 4.79 Å². The molecule has 6 heteroatoms. The van der Waals surface area contributed by atoms with Crippen LogP contribution in [0.1, 0.15) is 54.4 Å². The van der Waals surface area contributed by atoms with Crippen molar-refractivity contribution in [3.05, 3.63) is 47.0 Å². The van der Waals surface area contributed by atoms with E-state index in [1.54, 1.807) is 6.07 Å². The summed E-state index contributed by atoms with van der Waals surface area (Å²) in [4.78, 5) is 25.1. The molecule has 0 radical (unpaired) electrons. The third-order valence-electron chi connectivity index (χ3n) is 5.59. The molecular formula is C23H22N2O3S. The second kappa shape index (κ2) is 8.30. The average Bonchev–Trinajstić information content (AvgIpc) is 2.73. The molecule has 0 heterocycles. The Hall–Kier alpha value is -2.78. The molecule has 0 amide bonds. The summed E-state index contributed by atoms with van der Waals surface area (Å²) in [6, 6.07) is 11.7. The van der Waals surface area contributed by atoms with E-state index >= 15 is 0 Å². The summed E-state index contributed by atoms with van der Waals surface area (Å²) in [6.45, 7) is 0.158. The average molecular weight is 407 g/mol. The van der Waals surface area contributed by atoms with Crippen LogP contribution in [0.5, 0.6) is 0 Å². The number of thioether (sulfide) groups is 1. The van der Waals surface area contributed by atoms with E-state index in [0.29, 0.717) is 16.5 Å². The van der Waals surface area contributed by atoms with E-state index in [4.69, 9.17) is 5.11 Å². The van der Waals surface area contributed by atoms with Gasteiger partial charge in [-0.05, 0) is 24.3 Å². The van der Waals surface area contributed by atoms with Crippen molar-refractivity contribution in [2.24, 2.45) is 0 Å². The van der Waals surface area contributed by atoms with E-state index in [-0.39, 0.29) is 24.3 Å². The normalized spacial score (nSPS) is 16.7. The van der Waals surface area contributed by atoms with Gasteiger partial charge >= 0.3 is 5.97 Å². The molecule has 2 aromatic rings. The Bertz CT molecular complexity index is 1060. The van der Waals surface area contributed by atoms with Gasteiger partial charge in [0.05, 0.1) is 12.1 Å². The number of hydrogen-bond donors (Lipinski definition) is 2. The highest BCUT2D eigenvalue weighted by molar-refractivity contribution is 8.00. The number of ketones is 1. The predicted octanol–water partition coefficient (Wildman–Crippen LogP) is 4.76. The quantitative estimate of drug-likeness (QED) is 0.719. The van der Waals surface area contributed by atoms with Crippen LogP contribution in [-0.4, -0.2) is 28.7 Å². The van der Waals surface area contributed by atoms with Crippen molar-refractivity contribution in [3.8, 4) is 6.07 Å². The summed E-state index contributed by atoms with van der Waals surface area (Å²) in [6.07, 6.45) is 6.19. The maximum absolute atomic E-state index is 13.0. The molecule has 0 aromatic heterocycles. The standard InChI is InChI=1S/C23H22N2O3S/c24-13-18-22(25-12-11-20(26)27)16-9-10-19(29-14-5-2-1-3-6-14)15-7-4-8-17(21(15)16)23(18)28/h4,7-10,14,25H,1-3,5-6,11-12H2,(H,26,27). The SMILES string of the molecule is N#CC1=C(NCCC(=O)O)c2ccc(SC3CCCCC3)c3cccc(c23)C1=O. The minimum atomic E-state index is -0.927. The van der Waals surface area contributed by atoms with Crippen molar-refractivity contribution < 1.29 is 14.7 Å². The number of carboxylic acid groups (broad SMARTS) is 1. The Labute approximate surface area is 173 Å². The van der Waals surface area contributed by atoms with Crippen molar-refractivity contribution in [3.63, 3.8) is 0 Å². The number of nitrogens with zero attached hydrogens (tertiary/aromatic N) is 1. The third kappa shape index (κ3) is 3.75. The molecule has 0 saturated heterocycles. The number of benzene rings is 2. The van der Waals surface area contributed by atoms with E-state index in [1.807, 2.05) is 36.0 Å². The Morgan fingerprint density at radius 1 is 1.17 bits per heavy atom. The lowest BCUT2D eigenvalue weighted by atomic mass is 9.86. The zero-order valence-corrected chi connectivity index (χ0v) is 16.8. The molecule has 2 aromatic carbocycles. The van der Waals surface area contributed by atoms with E-state index in [0.717, 1.165) is 21.2 Å². The van der Waals surface area contributed by atoms with E-state index in [2.05, 4.69) is 11.4 Å². The van der Waals surface area contributed by atoms with Crippen LogP contribution in [0.4, 0.5) is 0 Å². The lowest BCUT2D eigenvalue weighted by Crippen LogP contribution is -2.23. The first-order valence-corrected chi connectivity index (χ1v) is 10.9. The molecule has 148 valence electrons. The number of Topliss-reactive ketones (excluding diaryl/α,β-unsaturated/α-hetero) is 1. The molecule has 0 atom stereocenters. The van der Waals surface area contributed by atoms with E-state index in [1.165, 1.54) is 32.1 Å². The molecule has 0 aliphatic heterocycles. The molecule has 0 unspecified atom stereocenters. The number of nitrogens with one attached hydrogen (secondary N) is 1. The molecule has 1 saturated carbocycles. The Balaban J connectivity index is 1.78. The zero-order valence-electron chi connectivity index (χ0n) is 16.0. The van der Waals surface area contributed by atoms with Crippen LogP contribution in [0.3, 0.4) is 0 Å². The third-order valence-corrected chi connectivity index (χ3v) is 7.00. The molecular weight excluding hydrogens is 384 g/mol. The first-order valence-electron chi connectivity index (χ1n) is 9.97. The molecule has 4 rings (SSSR count). The lowest BCUT2D eigenvalue weighted by Gasteiger charge is -2.25. The Morgan fingerprint density at radius 2 is 1.97 bits per heavy atom. The second-order valence-corrected chi connectivity index (χ2v) is 8.82. The number of hydrogen-bond acceptors (Lipinski definition) is 5. The predicted molar refractivity (Wildman–Crippen MR) is 114 cm³/mol. The molecule has 2 N–H and O–H groups in total. The van der Waals surface area contributed by atoms with Crippen LogP contribution in [0, 0.1) is 11.3 Å². The smallest absolute Gasteiger partial charge is 0.305 e. The molecule has 1 fully saturated rings. The van der Waals surface area contributed by atoms with Gasteiger partial charge in [0.25, 0.3) is 0 Å². The highest BCUT2D eigenvalue weighted by Crippen LogP contribution is 2.42. The van der Waals surface area contributed by atoms with Crippen LogP contribution in [0.15, 0.2) is 40.8 Å². The number of carboxylic acids is 1. The van der Waals surface area contributed by atoms with Crippen molar-refractivity contribution in [1.29, 1.82) is 5.26 Å². The maximum atomic E-state index is 13.0. The maximum Gasteiger partial charge on any atom is 0.305 e. The summed E-state index contributed by atoms with van der Waals surface area (Å²) >= 11 is 1.89. The Morgan fingerprint density at radius 3 is 2.69 bits per heavy atom. The van der Waals surface area contributed by atoms with Gasteiger partial charge in [0.15, 0.2) is 0 Å². The molecule has 2 aliphatic rings. The summed E-state index contributed by atoms with van der Waals surface area (Å²) in [5.74, 6) is -1.23. The molecule has 2 aliphatic carbocycles. The number of carbonyl (C=O) groups excluding carboxylic acids is 1. The van der Waals surface area contributed by atoms with Gasteiger partial charge in [-0.25, -0.2) is 0 Å². The van der Waals surface area contributed by atoms with Gasteiger partial charge in [0.2, 0.25) is 5.78 Å². The minimum Gasteiger partial charge on any atom is -0.481 e. The van der Waals surface area contributed by atoms with Crippen molar-refractivity contribution in [2.45, 2.75) is 48.7 Å². The largest absolute Gasteiger partial charge is 0.481 e. The lowest BCUT2D eigenvalue weighted by molar-refractivity contribution is -0.136. The van der Waals surface area contributed by atoms with Crippen LogP contribution in [0.2, 0.25) is 0 Å². The summed E-state index contributed by atoms with van der Waals surface area (Å²) in [7, 11) is 0. The van der Waals surface area contributed by atoms with Gasteiger partial charge in [-0.2, -0.15) is 5.26 Å².